The highest BCUT2D eigenvalue weighted by molar-refractivity contribution is 5.75. The molecule has 0 unspecified atom stereocenters. The molecule has 2 heterocycles. The molecule has 0 spiro atoms. The molecule has 0 aromatic rings. The Morgan fingerprint density at radius 2 is 2.04 bits per heavy atom. The largest absolute Gasteiger partial charge is 0.462 e. The maximum atomic E-state index is 12.8. The van der Waals surface area contributed by atoms with Crippen molar-refractivity contribution < 1.29 is 9.53 Å². The molecule has 0 amide bonds. The monoisotopic (exact) mass is 373 g/mol. The Balaban J connectivity index is 1.49. The molecule has 2 aliphatic carbocycles. The molecular formula is C24H39NO2. The second-order valence-corrected chi connectivity index (χ2v) is 11.4. The van der Waals surface area contributed by atoms with Crippen molar-refractivity contribution in [2.75, 3.05) is 19.6 Å². The fourth-order valence-electron chi connectivity index (χ4n) is 7.10. The minimum Gasteiger partial charge on any atom is -0.462 e. The summed E-state index contributed by atoms with van der Waals surface area (Å²) in [5.74, 6) is 1.90. The molecule has 152 valence electrons. The predicted octanol–water partition coefficient (Wildman–Crippen LogP) is 5.06. The van der Waals surface area contributed by atoms with E-state index in [1.807, 2.05) is 0 Å². The lowest BCUT2D eigenvalue weighted by Crippen LogP contribution is -2.46. The van der Waals surface area contributed by atoms with Crippen LogP contribution in [0.25, 0.3) is 0 Å². The van der Waals surface area contributed by atoms with Crippen LogP contribution in [0.15, 0.2) is 12.2 Å². The highest BCUT2D eigenvalue weighted by atomic mass is 16.6. The standard InChI is InChI=1S/C24H39NO2/c1-16-8-10-25(15-23(3,4)12-16)14-19-18-11-20-17(2)7-6-9-24(20,5)13-21(18)27-22(19)26/h16,18-21H,2,6-15H2,1,3-5H3/t16-,18+,19-,20-,21+,24+/m0/s1. The van der Waals surface area contributed by atoms with Crippen LogP contribution in [0.4, 0.5) is 0 Å². The highest BCUT2D eigenvalue weighted by Gasteiger charge is 2.55. The number of ether oxygens (including phenoxy) is 1. The molecule has 0 aromatic heterocycles. The normalized spacial score (nSPS) is 45.0. The van der Waals surface area contributed by atoms with Gasteiger partial charge in [-0.05, 0) is 74.2 Å². The van der Waals surface area contributed by atoms with Gasteiger partial charge < -0.3 is 9.64 Å². The molecule has 6 atom stereocenters. The number of nitrogens with zero attached hydrogens (tertiary/aromatic N) is 1. The van der Waals surface area contributed by atoms with Crippen molar-refractivity contribution in [3.8, 4) is 0 Å². The van der Waals surface area contributed by atoms with Gasteiger partial charge in [0.2, 0.25) is 0 Å². The number of rotatable bonds is 2. The smallest absolute Gasteiger partial charge is 0.310 e. The van der Waals surface area contributed by atoms with E-state index in [4.69, 9.17) is 4.74 Å². The third-order valence-corrected chi connectivity index (χ3v) is 8.27. The molecule has 2 aliphatic heterocycles. The van der Waals surface area contributed by atoms with E-state index >= 15 is 0 Å². The van der Waals surface area contributed by atoms with Crippen LogP contribution in [0.2, 0.25) is 0 Å². The van der Waals surface area contributed by atoms with Crippen molar-refractivity contribution in [1.29, 1.82) is 0 Å². The first-order valence-electron chi connectivity index (χ1n) is 11.3. The van der Waals surface area contributed by atoms with E-state index in [0.717, 1.165) is 38.4 Å². The quantitative estimate of drug-likeness (QED) is 0.500. The summed E-state index contributed by atoms with van der Waals surface area (Å²) >= 11 is 0. The zero-order valence-corrected chi connectivity index (χ0v) is 17.9. The molecule has 0 N–H and O–H groups in total. The lowest BCUT2D eigenvalue weighted by Gasteiger charge is -2.50. The first kappa shape index (κ1) is 19.5. The van der Waals surface area contributed by atoms with Gasteiger partial charge in [0.05, 0.1) is 5.92 Å². The van der Waals surface area contributed by atoms with Crippen molar-refractivity contribution in [2.45, 2.75) is 78.7 Å². The van der Waals surface area contributed by atoms with E-state index in [-0.39, 0.29) is 18.0 Å². The molecule has 3 heteroatoms. The lowest BCUT2D eigenvalue weighted by molar-refractivity contribution is -0.146. The first-order chi connectivity index (χ1) is 12.7. The number of esters is 1. The molecule has 4 rings (SSSR count). The van der Waals surface area contributed by atoms with E-state index < -0.39 is 0 Å². The summed E-state index contributed by atoms with van der Waals surface area (Å²) in [4.78, 5) is 15.4. The van der Waals surface area contributed by atoms with E-state index in [0.29, 0.717) is 22.7 Å². The first-order valence-corrected chi connectivity index (χ1v) is 11.3. The zero-order chi connectivity index (χ0) is 19.4. The van der Waals surface area contributed by atoms with Crippen LogP contribution in [0.3, 0.4) is 0 Å². The predicted molar refractivity (Wildman–Crippen MR) is 109 cm³/mol. The van der Waals surface area contributed by atoms with Crippen molar-refractivity contribution in [1.82, 2.24) is 4.90 Å². The van der Waals surface area contributed by atoms with Gasteiger partial charge in [0.25, 0.3) is 0 Å². The summed E-state index contributed by atoms with van der Waals surface area (Å²) < 4.78 is 5.98. The van der Waals surface area contributed by atoms with E-state index in [1.54, 1.807) is 0 Å². The van der Waals surface area contributed by atoms with Crippen molar-refractivity contribution in [3.05, 3.63) is 12.2 Å². The second kappa shape index (κ2) is 6.90. The maximum absolute atomic E-state index is 12.8. The summed E-state index contributed by atoms with van der Waals surface area (Å²) in [5.41, 5.74) is 2.07. The molecule has 27 heavy (non-hydrogen) atoms. The van der Waals surface area contributed by atoms with Crippen molar-refractivity contribution in [3.63, 3.8) is 0 Å². The minimum absolute atomic E-state index is 0.0680. The Morgan fingerprint density at radius 3 is 2.81 bits per heavy atom. The summed E-state index contributed by atoms with van der Waals surface area (Å²) in [6.45, 7) is 17.1. The van der Waals surface area contributed by atoms with Gasteiger partial charge in [0.1, 0.15) is 6.10 Å². The van der Waals surface area contributed by atoms with Gasteiger partial charge >= 0.3 is 5.97 Å². The van der Waals surface area contributed by atoms with E-state index in [1.165, 1.54) is 37.7 Å². The third kappa shape index (κ3) is 3.73. The summed E-state index contributed by atoms with van der Waals surface area (Å²) in [7, 11) is 0. The maximum Gasteiger partial charge on any atom is 0.310 e. The number of allylic oxidation sites excluding steroid dienone is 1. The Labute approximate surface area is 165 Å². The van der Waals surface area contributed by atoms with Gasteiger partial charge in [0.15, 0.2) is 0 Å². The van der Waals surface area contributed by atoms with Gasteiger partial charge in [-0.1, -0.05) is 39.8 Å². The van der Waals surface area contributed by atoms with Crippen LogP contribution < -0.4 is 0 Å². The summed E-state index contributed by atoms with van der Waals surface area (Å²) in [6.07, 6.45) is 8.53. The Morgan fingerprint density at radius 1 is 1.26 bits per heavy atom. The van der Waals surface area contributed by atoms with Crippen LogP contribution in [0.1, 0.15) is 72.6 Å². The van der Waals surface area contributed by atoms with Crippen LogP contribution in [-0.2, 0) is 9.53 Å². The number of likely N-dealkylation sites (tertiary alicyclic amines) is 1. The number of carbonyl (C=O) groups is 1. The van der Waals surface area contributed by atoms with Crippen LogP contribution in [0.5, 0.6) is 0 Å². The fourth-order valence-corrected chi connectivity index (χ4v) is 7.10. The molecule has 2 saturated carbocycles. The Bertz CT molecular complexity index is 612. The van der Waals surface area contributed by atoms with Gasteiger partial charge in [0, 0.05) is 19.0 Å². The Kier molecular flexibility index (Phi) is 4.98. The SMILES string of the molecule is C=C1CCC[C@]2(C)C[C@H]3OC(=O)[C@@H](CN4CC[C@H](C)CC(C)(C)C4)[C@H]3C[C@@H]12. The van der Waals surface area contributed by atoms with Gasteiger partial charge in [-0.25, -0.2) is 0 Å². The van der Waals surface area contributed by atoms with E-state index in [2.05, 4.69) is 39.2 Å². The van der Waals surface area contributed by atoms with Gasteiger partial charge in [-0.3, -0.25) is 4.79 Å². The number of hydrogen-bond donors (Lipinski definition) is 0. The molecule has 0 radical (unpaired) electrons. The molecule has 2 saturated heterocycles. The molecular weight excluding hydrogens is 334 g/mol. The topological polar surface area (TPSA) is 29.5 Å². The van der Waals surface area contributed by atoms with Crippen LogP contribution >= 0.6 is 0 Å². The summed E-state index contributed by atoms with van der Waals surface area (Å²) in [6, 6.07) is 0. The molecule has 3 nitrogen and oxygen atoms in total. The Hall–Kier alpha value is -0.830. The number of fused-ring (bicyclic) bond motifs is 2. The average Bonchev–Trinajstić information content (AvgIpc) is 2.76. The molecule has 0 bridgehead atoms. The number of hydrogen-bond acceptors (Lipinski definition) is 3. The zero-order valence-electron chi connectivity index (χ0n) is 17.9. The highest BCUT2D eigenvalue weighted by Crippen LogP contribution is 2.57. The molecule has 4 fully saturated rings. The van der Waals surface area contributed by atoms with Crippen molar-refractivity contribution in [2.24, 2.45) is 34.5 Å². The molecule has 0 aromatic carbocycles. The average molecular weight is 374 g/mol. The van der Waals surface area contributed by atoms with Crippen molar-refractivity contribution >= 4 is 5.97 Å². The second-order valence-electron chi connectivity index (χ2n) is 11.4. The minimum atomic E-state index is 0.0680. The molecule has 4 aliphatic rings. The van der Waals surface area contributed by atoms with Gasteiger partial charge in [-0.15, -0.1) is 0 Å². The summed E-state index contributed by atoms with van der Waals surface area (Å²) in [5, 5.41) is 0. The third-order valence-electron chi connectivity index (χ3n) is 8.27. The fraction of sp³-hybridized carbons (Fsp3) is 0.875. The van der Waals surface area contributed by atoms with E-state index in [9.17, 15) is 4.79 Å². The van der Waals surface area contributed by atoms with Gasteiger partial charge in [-0.2, -0.15) is 0 Å². The number of carbonyl (C=O) groups excluding carboxylic acids is 1. The lowest BCUT2D eigenvalue weighted by atomic mass is 9.55. The van der Waals surface area contributed by atoms with Crippen LogP contribution in [0, 0.1) is 34.5 Å². The van der Waals surface area contributed by atoms with Crippen LogP contribution in [-0.4, -0.2) is 36.6 Å².